The Balaban J connectivity index is 1.34. The van der Waals surface area contributed by atoms with Crippen LogP contribution in [-0.2, 0) is 4.79 Å². The molecule has 26 heavy (non-hydrogen) atoms. The standard InChI is InChI=1S/C19H15N3O3S/c23-18-16(11-13-8-9-14(25-13)12-5-2-1-3-6-12)26-19-20-17(21-22(18)19)15-7-4-10-24-15/h1-11,17,19-21H/b16-11-. The third-order valence-electron chi connectivity index (χ3n) is 4.27. The van der Waals surface area contributed by atoms with Crippen molar-refractivity contribution in [2.75, 3.05) is 0 Å². The van der Waals surface area contributed by atoms with Crippen molar-refractivity contribution in [3.63, 3.8) is 0 Å². The van der Waals surface area contributed by atoms with Gasteiger partial charge < -0.3 is 8.83 Å². The van der Waals surface area contributed by atoms with E-state index in [1.807, 2.05) is 54.6 Å². The normalized spacial score (nSPS) is 23.8. The van der Waals surface area contributed by atoms with E-state index in [-0.39, 0.29) is 17.6 Å². The zero-order valence-electron chi connectivity index (χ0n) is 13.6. The average Bonchev–Trinajstić information content (AvgIpc) is 3.43. The lowest BCUT2D eigenvalue weighted by atomic mass is 10.2. The number of hydrogen-bond acceptors (Lipinski definition) is 6. The van der Waals surface area contributed by atoms with Gasteiger partial charge in [-0.2, -0.15) is 0 Å². The van der Waals surface area contributed by atoms with E-state index >= 15 is 0 Å². The van der Waals surface area contributed by atoms with Crippen LogP contribution in [0, 0.1) is 0 Å². The number of furan rings is 2. The predicted octanol–water partition coefficient (Wildman–Crippen LogP) is 3.55. The lowest BCUT2D eigenvalue weighted by Crippen LogP contribution is -2.37. The van der Waals surface area contributed by atoms with Crippen LogP contribution >= 0.6 is 11.8 Å². The first kappa shape index (κ1) is 15.5. The van der Waals surface area contributed by atoms with Crippen LogP contribution in [0.3, 0.4) is 0 Å². The molecule has 130 valence electrons. The number of rotatable bonds is 3. The highest BCUT2D eigenvalue weighted by Crippen LogP contribution is 2.38. The summed E-state index contributed by atoms with van der Waals surface area (Å²) in [7, 11) is 0. The molecule has 4 heterocycles. The third kappa shape index (κ3) is 2.66. The van der Waals surface area contributed by atoms with Gasteiger partial charge in [-0.05, 0) is 24.3 Å². The van der Waals surface area contributed by atoms with E-state index in [2.05, 4.69) is 10.7 Å². The van der Waals surface area contributed by atoms with Crippen molar-refractivity contribution >= 4 is 23.7 Å². The SMILES string of the molecule is O=C1/C(=C/c2ccc(-c3ccccc3)o2)SC2NC(c3ccco3)NN12. The van der Waals surface area contributed by atoms with Crippen molar-refractivity contribution in [3.8, 4) is 11.3 Å². The number of hydrazine groups is 1. The van der Waals surface area contributed by atoms with Crippen molar-refractivity contribution in [2.24, 2.45) is 0 Å². The Morgan fingerprint density at radius 2 is 1.96 bits per heavy atom. The number of nitrogens with zero attached hydrogens (tertiary/aromatic N) is 1. The fourth-order valence-corrected chi connectivity index (χ4v) is 4.11. The molecule has 0 saturated carbocycles. The number of amides is 1. The first-order chi connectivity index (χ1) is 12.8. The maximum atomic E-state index is 12.6. The van der Waals surface area contributed by atoms with Gasteiger partial charge in [-0.25, -0.2) is 10.4 Å². The molecule has 0 bridgehead atoms. The Kier molecular flexibility index (Phi) is 3.70. The van der Waals surface area contributed by atoms with Crippen LogP contribution in [0.5, 0.6) is 0 Å². The molecule has 2 aromatic heterocycles. The Labute approximate surface area is 153 Å². The molecule has 7 heteroatoms. The Morgan fingerprint density at radius 3 is 2.73 bits per heavy atom. The van der Waals surface area contributed by atoms with Crippen molar-refractivity contribution in [2.45, 2.75) is 11.7 Å². The van der Waals surface area contributed by atoms with E-state index in [9.17, 15) is 4.79 Å². The second kappa shape index (κ2) is 6.21. The molecule has 5 rings (SSSR count). The lowest BCUT2D eigenvalue weighted by molar-refractivity contribution is -0.127. The van der Waals surface area contributed by atoms with Gasteiger partial charge in [-0.3, -0.25) is 10.1 Å². The molecule has 2 unspecified atom stereocenters. The molecule has 0 aliphatic carbocycles. The number of fused-ring (bicyclic) bond motifs is 1. The molecule has 2 aliphatic rings. The van der Waals surface area contributed by atoms with Crippen LogP contribution in [0.2, 0.25) is 0 Å². The minimum atomic E-state index is -0.207. The molecule has 6 nitrogen and oxygen atoms in total. The van der Waals surface area contributed by atoms with Gasteiger partial charge in [0.1, 0.15) is 23.4 Å². The maximum absolute atomic E-state index is 12.6. The first-order valence-electron chi connectivity index (χ1n) is 8.21. The number of carbonyl (C=O) groups excluding carboxylic acids is 1. The highest BCUT2D eigenvalue weighted by Gasteiger charge is 2.44. The first-order valence-corrected chi connectivity index (χ1v) is 9.09. The summed E-state index contributed by atoms with van der Waals surface area (Å²) in [5, 5.41) is 4.91. The monoisotopic (exact) mass is 365 g/mol. The molecule has 3 aromatic rings. The number of benzene rings is 1. The molecule has 2 saturated heterocycles. The molecule has 2 N–H and O–H groups in total. The maximum Gasteiger partial charge on any atom is 0.276 e. The lowest BCUT2D eigenvalue weighted by Gasteiger charge is -2.12. The molecular weight excluding hydrogens is 350 g/mol. The van der Waals surface area contributed by atoms with Gasteiger partial charge in [0.25, 0.3) is 5.91 Å². The van der Waals surface area contributed by atoms with E-state index in [1.54, 1.807) is 17.3 Å². The van der Waals surface area contributed by atoms with Gasteiger partial charge in [0.05, 0.1) is 11.2 Å². The largest absolute Gasteiger partial charge is 0.466 e. The Bertz CT molecular complexity index is 965. The number of thioether (sulfide) groups is 1. The summed E-state index contributed by atoms with van der Waals surface area (Å²) in [6.07, 6.45) is 3.19. The molecule has 2 atom stereocenters. The average molecular weight is 365 g/mol. The summed E-state index contributed by atoms with van der Waals surface area (Å²) < 4.78 is 11.2. The van der Waals surface area contributed by atoms with E-state index in [0.717, 1.165) is 17.1 Å². The minimum absolute atomic E-state index is 0.0841. The number of nitrogens with one attached hydrogen (secondary N) is 2. The van der Waals surface area contributed by atoms with Gasteiger partial charge >= 0.3 is 0 Å². The fourth-order valence-electron chi connectivity index (χ4n) is 3.02. The predicted molar refractivity (Wildman–Crippen MR) is 98.1 cm³/mol. The van der Waals surface area contributed by atoms with E-state index in [1.165, 1.54) is 11.8 Å². The van der Waals surface area contributed by atoms with Crippen molar-refractivity contribution in [3.05, 3.63) is 77.3 Å². The quantitative estimate of drug-likeness (QED) is 0.692. The fraction of sp³-hybridized carbons (Fsp3) is 0.105. The van der Waals surface area contributed by atoms with Gasteiger partial charge in [0.2, 0.25) is 0 Å². The second-order valence-electron chi connectivity index (χ2n) is 5.97. The molecule has 2 aliphatic heterocycles. The molecular formula is C19H15N3O3S. The summed E-state index contributed by atoms with van der Waals surface area (Å²) in [4.78, 5) is 13.3. The Hall–Kier alpha value is -2.74. The summed E-state index contributed by atoms with van der Waals surface area (Å²) in [6.45, 7) is 0. The van der Waals surface area contributed by atoms with E-state index in [0.29, 0.717) is 10.7 Å². The zero-order valence-corrected chi connectivity index (χ0v) is 14.4. The van der Waals surface area contributed by atoms with Crippen LogP contribution in [0.4, 0.5) is 0 Å². The molecule has 0 spiro atoms. The summed E-state index contributed by atoms with van der Waals surface area (Å²) in [5.41, 5.74) is 3.97. The van der Waals surface area contributed by atoms with Gasteiger partial charge in [-0.15, -0.1) is 0 Å². The van der Waals surface area contributed by atoms with E-state index in [4.69, 9.17) is 8.83 Å². The highest BCUT2D eigenvalue weighted by molar-refractivity contribution is 8.05. The summed E-state index contributed by atoms with van der Waals surface area (Å²) in [5.74, 6) is 2.10. The number of carbonyl (C=O) groups is 1. The minimum Gasteiger partial charge on any atom is -0.466 e. The van der Waals surface area contributed by atoms with E-state index < -0.39 is 0 Å². The van der Waals surface area contributed by atoms with Crippen LogP contribution in [0.25, 0.3) is 17.4 Å². The second-order valence-corrected chi connectivity index (χ2v) is 7.09. The van der Waals surface area contributed by atoms with Crippen LogP contribution in [0.1, 0.15) is 17.7 Å². The molecule has 1 aromatic carbocycles. The van der Waals surface area contributed by atoms with Gasteiger partial charge in [0, 0.05) is 11.6 Å². The topological polar surface area (TPSA) is 70.6 Å². The molecule has 1 amide bonds. The third-order valence-corrected chi connectivity index (χ3v) is 5.38. The van der Waals surface area contributed by atoms with Crippen molar-refractivity contribution < 1.29 is 13.6 Å². The summed E-state index contributed by atoms with van der Waals surface area (Å²) in [6, 6.07) is 17.4. The zero-order chi connectivity index (χ0) is 17.5. The smallest absolute Gasteiger partial charge is 0.276 e. The highest BCUT2D eigenvalue weighted by atomic mass is 32.2. The van der Waals surface area contributed by atoms with Crippen LogP contribution < -0.4 is 10.7 Å². The molecule has 2 fully saturated rings. The van der Waals surface area contributed by atoms with Gasteiger partial charge in [-0.1, -0.05) is 42.1 Å². The van der Waals surface area contributed by atoms with Crippen molar-refractivity contribution in [1.82, 2.24) is 15.8 Å². The van der Waals surface area contributed by atoms with Crippen molar-refractivity contribution in [1.29, 1.82) is 0 Å². The summed E-state index contributed by atoms with van der Waals surface area (Å²) >= 11 is 1.45. The van der Waals surface area contributed by atoms with Gasteiger partial charge in [0.15, 0.2) is 5.50 Å². The molecule has 0 radical (unpaired) electrons. The van der Waals surface area contributed by atoms with Crippen LogP contribution in [0.15, 0.2) is 74.6 Å². The number of hydrogen-bond donors (Lipinski definition) is 2. The van der Waals surface area contributed by atoms with Crippen LogP contribution in [-0.4, -0.2) is 16.4 Å². The Morgan fingerprint density at radius 1 is 1.08 bits per heavy atom.